The van der Waals surface area contributed by atoms with Crippen LogP contribution in [0.5, 0.6) is 0 Å². The van der Waals surface area contributed by atoms with E-state index in [0.717, 1.165) is 32.0 Å². The maximum absolute atomic E-state index is 12.7. The molecule has 1 aliphatic heterocycles. The summed E-state index contributed by atoms with van der Waals surface area (Å²) in [6.07, 6.45) is 5.68. The summed E-state index contributed by atoms with van der Waals surface area (Å²) in [5.41, 5.74) is 0.570. The third kappa shape index (κ3) is 3.51. The Morgan fingerprint density at radius 3 is 2.73 bits per heavy atom. The highest BCUT2D eigenvalue weighted by Crippen LogP contribution is 2.32. The summed E-state index contributed by atoms with van der Waals surface area (Å²) in [7, 11) is 1.85. The van der Waals surface area contributed by atoms with Crippen LogP contribution in [0.3, 0.4) is 0 Å². The second kappa shape index (κ2) is 6.41. The molecular formula is C17H28N4O. The largest absolute Gasteiger partial charge is 0.336 e. The van der Waals surface area contributed by atoms with E-state index in [2.05, 4.69) is 23.8 Å². The molecule has 2 fully saturated rings. The maximum atomic E-state index is 12.7. The lowest BCUT2D eigenvalue weighted by molar-refractivity contribution is 0.0698. The van der Waals surface area contributed by atoms with Crippen molar-refractivity contribution in [1.29, 1.82) is 0 Å². The quantitative estimate of drug-likeness (QED) is 0.854. The first-order valence-corrected chi connectivity index (χ1v) is 8.57. The van der Waals surface area contributed by atoms with Crippen molar-refractivity contribution in [2.24, 2.45) is 18.9 Å². The van der Waals surface area contributed by atoms with Gasteiger partial charge in [-0.05, 0) is 37.2 Å². The molecule has 1 unspecified atom stereocenters. The molecule has 1 aliphatic carbocycles. The van der Waals surface area contributed by atoms with Gasteiger partial charge in [0.25, 0.3) is 5.91 Å². The fourth-order valence-electron chi connectivity index (χ4n) is 3.43. The number of aromatic nitrogens is 2. The van der Waals surface area contributed by atoms with Gasteiger partial charge in [0, 0.05) is 45.5 Å². The molecule has 0 spiro atoms. The molecule has 22 heavy (non-hydrogen) atoms. The molecule has 1 aromatic heterocycles. The average Bonchev–Trinajstić information content (AvgIpc) is 3.23. The van der Waals surface area contributed by atoms with Gasteiger partial charge >= 0.3 is 0 Å². The summed E-state index contributed by atoms with van der Waals surface area (Å²) in [4.78, 5) is 17.4. The number of carbonyl (C=O) groups excluding carboxylic acids is 1. The number of carbonyl (C=O) groups is 1. The smallest absolute Gasteiger partial charge is 0.274 e. The van der Waals surface area contributed by atoms with Crippen molar-refractivity contribution in [2.75, 3.05) is 26.2 Å². The third-order valence-electron chi connectivity index (χ3n) is 4.93. The van der Waals surface area contributed by atoms with Crippen molar-refractivity contribution in [1.82, 2.24) is 19.6 Å². The zero-order valence-electron chi connectivity index (χ0n) is 14.0. The molecule has 1 amide bonds. The van der Waals surface area contributed by atoms with Gasteiger partial charge in [-0.2, -0.15) is 5.10 Å². The van der Waals surface area contributed by atoms with Gasteiger partial charge in [-0.25, -0.2) is 0 Å². The van der Waals surface area contributed by atoms with Crippen molar-refractivity contribution >= 4 is 5.91 Å². The first-order valence-electron chi connectivity index (χ1n) is 8.57. The Balaban J connectivity index is 1.71. The van der Waals surface area contributed by atoms with E-state index in [4.69, 9.17) is 0 Å². The molecule has 0 aromatic carbocycles. The maximum Gasteiger partial charge on any atom is 0.274 e. The Morgan fingerprint density at radius 2 is 2.14 bits per heavy atom. The van der Waals surface area contributed by atoms with Crippen molar-refractivity contribution in [3.63, 3.8) is 0 Å². The molecule has 3 rings (SSSR count). The first kappa shape index (κ1) is 15.5. The van der Waals surface area contributed by atoms with Crippen molar-refractivity contribution < 1.29 is 4.79 Å². The van der Waals surface area contributed by atoms with E-state index in [1.165, 1.54) is 19.4 Å². The standard InChI is InChI=1S/C17H28N4O/c1-13(2)16-12-21(17(22)15-7-10-19(3)18-15)9-4-8-20(16)11-14-5-6-14/h7,10,13-14,16H,4-6,8-9,11-12H2,1-3H3. The van der Waals surface area contributed by atoms with E-state index in [9.17, 15) is 4.79 Å². The number of aryl methyl sites for hydroxylation is 1. The van der Waals surface area contributed by atoms with Crippen LogP contribution in [0.2, 0.25) is 0 Å². The second-order valence-corrected chi connectivity index (χ2v) is 7.23. The lowest BCUT2D eigenvalue weighted by Gasteiger charge is -2.34. The average molecular weight is 304 g/mol. The highest BCUT2D eigenvalue weighted by molar-refractivity contribution is 5.92. The topological polar surface area (TPSA) is 41.4 Å². The number of rotatable bonds is 4. The Labute approximate surface area is 133 Å². The Kier molecular flexibility index (Phi) is 4.52. The Hall–Kier alpha value is -1.36. The van der Waals surface area contributed by atoms with Crippen LogP contribution in [0.4, 0.5) is 0 Å². The van der Waals surface area contributed by atoms with Crippen molar-refractivity contribution in [3.8, 4) is 0 Å². The monoisotopic (exact) mass is 304 g/mol. The summed E-state index contributed by atoms with van der Waals surface area (Å²) < 4.78 is 1.70. The highest BCUT2D eigenvalue weighted by atomic mass is 16.2. The summed E-state index contributed by atoms with van der Waals surface area (Å²) in [6, 6.07) is 2.29. The summed E-state index contributed by atoms with van der Waals surface area (Å²) in [6.45, 7) is 8.57. The van der Waals surface area contributed by atoms with Crippen molar-refractivity contribution in [3.05, 3.63) is 18.0 Å². The molecule has 1 saturated carbocycles. The lowest BCUT2D eigenvalue weighted by Crippen LogP contribution is -2.46. The van der Waals surface area contributed by atoms with E-state index < -0.39 is 0 Å². The summed E-state index contributed by atoms with van der Waals surface area (Å²) in [5, 5.41) is 4.28. The predicted molar refractivity (Wildman–Crippen MR) is 86.7 cm³/mol. The van der Waals surface area contributed by atoms with Gasteiger partial charge in [-0.1, -0.05) is 13.8 Å². The number of amides is 1. The summed E-state index contributed by atoms with van der Waals surface area (Å²) in [5.74, 6) is 1.55. The van der Waals surface area contributed by atoms with Crippen LogP contribution in [-0.2, 0) is 7.05 Å². The second-order valence-electron chi connectivity index (χ2n) is 7.23. The number of nitrogens with zero attached hydrogens (tertiary/aromatic N) is 4. The molecule has 1 atom stereocenters. The molecule has 5 heteroatoms. The normalized spacial score (nSPS) is 23.8. The molecular weight excluding hydrogens is 276 g/mol. The van der Waals surface area contributed by atoms with E-state index in [0.29, 0.717) is 17.7 Å². The van der Waals surface area contributed by atoms with Crippen LogP contribution in [-0.4, -0.2) is 57.7 Å². The van der Waals surface area contributed by atoms with Crippen LogP contribution >= 0.6 is 0 Å². The van der Waals surface area contributed by atoms with E-state index >= 15 is 0 Å². The van der Waals surface area contributed by atoms with Gasteiger partial charge < -0.3 is 4.90 Å². The SMILES string of the molecule is CC(C)C1CN(C(=O)c2ccn(C)n2)CCCN1CC1CC1. The molecule has 122 valence electrons. The van der Waals surface area contributed by atoms with E-state index in [-0.39, 0.29) is 5.91 Å². The van der Waals surface area contributed by atoms with Gasteiger partial charge in [-0.3, -0.25) is 14.4 Å². The minimum atomic E-state index is 0.0829. The predicted octanol–water partition coefficient (Wildman–Crippen LogP) is 2.00. The van der Waals surface area contributed by atoms with E-state index in [1.807, 2.05) is 24.2 Å². The molecule has 0 N–H and O–H groups in total. The van der Waals surface area contributed by atoms with Crippen LogP contribution in [0.15, 0.2) is 12.3 Å². The number of hydrogen-bond acceptors (Lipinski definition) is 3. The minimum Gasteiger partial charge on any atom is -0.336 e. The summed E-state index contributed by atoms with van der Waals surface area (Å²) >= 11 is 0. The minimum absolute atomic E-state index is 0.0829. The molecule has 1 aromatic rings. The molecule has 1 saturated heterocycles. The molecule has 2 aliphatic rings. The van der Waals surface area contributed by atoms with Crippen LogP contribution < -0.4 is 0 Å². The van der Waals surface area contributed by atoms with Gasteiger partial charge in [0.15, 0.2) is 0 Å². The van der Waals surface area contributed by atoms with Crippen LogP contribution in [0.1, 0.15) is 43.6 Å². The molecule has 0 radical (unpaired) electrons. The fraction of sp³-hybridized carbons (Fsp3) is 0.765. The van der Waals surface area contributed by atoms with Gasteiger partial charge in [0.1, 0.15) is 5.69 Å². The third-order valence-corrected chi connectivity index (χ3v) is 4.93. The van der Waals surface area contributed by atoms with Gasteiger partial charge in [0.05, 0.1) is 0 Å². The molecule has 5 nitrogen and oxygen atoms in total. The van der Waals surface area contributed by atoms with Crippen molar-refractivity contribution in [2.45, 2.75) is 39.2 Å². The lowest BCUT2D eigenvalue weighted by atomic mass is 10.0. The van der Waals surface area contributed by atoms with Gasteiger partial charge in [-0.15, -0.1) is 0 Å². The molecule has 2 heterocycles. The Morgan fingerprint density at radius 1 is 1.36 bits per heavy atom. The van der Waals surface area contributed by atoms with Gasteiger partial charge in [0.2, 0.25) is 0 Å². The highest BCUT2D eigenvalue weighted by Gasteiger charge is 2.33. The Bertz CT molecular complexity index is 520. The zero-order chi connectivity index (χ0) is 15.7. The fourth-order valence-corrected chi connectivity index (χ4v) is 3.43. The zero-order valence-corrected chi connectivity index (χ0v) is 14.0. The van der Waals surface area contributed by atoms with E-state index in [1.54, 1.807) is 4.68 Å². The first-order chi connectivity index (χ1) is 10.5. The number of hydrogen-bond donors (Lipinski definition) is 0. The van der Waals surface area contributed by atoms with Crippen LogP contribution in [0.25, 0.3) is 0 Å². The van der Waals surface area contributed by atoms with Crippen LogP contribution in [0, 0.1) is 11.8 Å². The molecule has 0 bridgehead atoms.